The predicted molar refractivity (Wildman–Crippen MR) is 37.4 cm³/mol. The largest absolute Gasteiger partial charge is 0.465 e. The number of hydrogen-bond donors (Lipinski definition) is 1. The van der Waals surface area contributed by atoms with Gasteiger partial charge in [-0.25, -0.2) is 4.79 Å². The van der Waals surface area contributed by atoms with Crippen LogP contribution >= 0.6 is 11.8 Å². The van der Waals surface area contributed by atoms with E-state index in [-0.39, 0.29) is 10.9 Å². The van der Waals surface area contributed by atoms with Gasteiger partial charge in [-0.2, -0.15) is 0 Å². The monoisotopic (exact) mass is 176 g/mol. The van der Waals surface area contributed by atoms with Crippen LogP contribution in [0.4, 0.5) is 4.79 Å². The topological polar surface area (TPSA) is 83.7 Å². The minimum Gasteiger partial charge on any atom is -0.465 e. The molecule has 1 aliphatic rings. The van der Waals surface area contributed by atoms with Gasteiger partial charge in [-0.15, -0.1) is 0 Å². The summed E-state index contributed by atoms with van der Waals surface area (Å²) < 4.78 is 0. The predicted octanol–water partition coefficient (Wildman–Crippen LogP) is 0.746. The number of nitro groups is 1. The molecule has 0 aromatic rings. The van der Waals surface area contributed by atoms with Gasteiger partial charge in [-0.05, 0) is 11.8 Å². The summed E-state index contributed by atoms with van der Waals surface area (Å²) in [6.07, 6.45) is -0.165. The molecule has 6 nitrogen and oxygen atoms in total. The Morgan fingerprint density at radius 2 is 2.55 bits per heavy atom. The number of amides is 1. The van der Waals surface area contributed by atoms with Gasteiger partial charge in [-0.1, -0.05) is 0 Å². The Bertz CT molecular complexity index is 238. The number of rotatable bonds is 1. The van der Waals surface area contributed by atoms with Gasteiger partial charge < -0.3 is 5.11 Å². The van der Waals surface area contributed by atoms with Crippen LogP contribution in [0.3, 0.4) is 0 Å². The molecule has 60 valence electrons. The maximum atomic E-state index is 10.2. The van der Waals surface area contributed by atoms with Crippen molar-refractivity contribution in [2.24, 2.45) is 0 Å². The van der Waals surface area contributed by atoms with Gasteiger partial charge in [0.2, 0.25) is 0 Å². The second-order valence-electron chi connectivity index (χ2n) is 1.75. The fraction of sp³-hybridized carbons (Fsp3) is 0.250. The molecule has 1 heterocycles. The number of nitrogens with zero attached hydrogens (tertiary/aromatic N) is 2. The molecule has 1 N–H and O–H groups in total. The van der Waals surface area contributed by atoms with E-state index in [2.05, 4.69) is 0 Å². The van der Waals surface area contributed by atoms with Crippen LogP contribution in [0.2, 0.25) is 0 Å². The fourth-order valence-electron chi connectivity index (χ4n) is 0.554. The third-order valence-electron chi connectivity index (χ3n) is 1.04. The molecule has 0 bridgehead atoms. The van der Waals surface area contributed by atoms with Crippen molar-refractivity contribution in [2.45, 2.75) is 0 Å². The van der Waals surface area contributed by atoms with Crippen LogP contribution < -0.4 is 0 Å². The van der Waals surface area contributed by atoms with Crippen molar-refractivity contribution in [2.75, 3.05) is 5.88 Å². The highest BCUT2D eigenvalue weighted by Gasteiger charge is 2.25. The summed E-state index contributed by atoms with van der Waals surface area (Å²) in [5.74, 6) is 0.103. The lowest BCUT2D eigenvalue weighted by Crippen LogP contribution is -2.19. The standard InChI is InChI=1S/C4H4N2O4S/c7-4(8)5-1-3(6(9)10)11-2-5/h1H,2H2,(H,7,8). The summed E-state index contributed by atoms with van der Waals surface area (Å²) in [5.41, 5.74) is 0. The Labute approximate surface area is 65.6 Å². The Morgan fingerprint density at radius 1 is 1.91 bits per heavy atom. The lowest BCUT2D eigenvalue weighted by Gasteiger charge is -2.02. The molecule has 7 heteroatoms. The highest BCUT2D eigenvalue weighted by atomic mass is 32.2. The highest BCUT2D eigenvalue weighted by Crippen LogP contribution is 2.25. The molecule has 0 atom stereocenters. The summed E-state index contributed by atoms with van der Waals surface area (Å²) in [6, 6.07) is 0. The van der Waals surface area contributed by atoms with Crippen LogP contribution in [-0.2, 0) is 0 Å². The summed E-state index contributed by atoms with van der Waals surface area (Å²) in [4.78, 5) is 20.5. The molecule has 1 amide bonds. The summed E-state index contributed by atoms with van der Waals surface area (Å²) in [7, 11) is 0. The fourth-order valence-corrected chi connectivity index (χ4v) is 1.32. The van der Waals surface area contributed by atoms with Crippen LogP contribution in [0, 0.1) is 10.1 Å². The average Bonchev–Trinajstić information content (AvgIpc) is 2.33. The minimum atomic E-state index is -1.17. The van der Waals surface area contributed by atoms with E-state index < -0.39 is 11.0 Å². The molecule has 0 aromatic heterocycles. The molecule has 0 saturated carbocycles. The normalized spacial score (nSPS) is 16.4. The first-order valence-electron chi connectivity index (χ1n) is 2.60. The highest BCUT2D eigenvalue weighted by molar-refractivity contribution is 8.03. The van der Waals surface area contributed by atoms with Crippen molar-refractivity contribution in [3.63, 3.8) is 0 Å². The average molecular weight is 176 g/mol. The molecule has 1 rings (SSSR count). The zero-order valence-electron chi connectivity index (χ0n) is 5.26. The molecule has 0 unspecified atom stereocenters. The maximum Gasteiger partial charge on any atom is 0.412 e. The van der Waals surface area contributed by atoms with Gasteiger partial charge in [0.25, 0.3) is 0 Å². The van der Waals surface area contributed by atoms with Crippen LogP contribution in [0.15, 0.2) is 11.2 Å². The molecule has 0 aromatic carbocycles. The number of carbonyl (C=O) groups is 1. The first-order chi connectivity index (χ1) is 5.11. The van der Waals surface area contributed by atoms with Crippen LogP contribution in [0.1, 0.15) is 0 Å². The van der Waals surface area contributed by atoms with Crippen LogP contribution in [-0.4, -0.2) is 26.9 Å². The number of hydrogen-bond acceptors (Lipinski definition) is 4. The third kappa shape index (κ3) is 1.61. The summed E-state index contributed by atoms with van der Waals surface area (Å²) in [6.45, 7) is 0. The molecule has 0 saturated heterocycles. The Morgan fingerprint density at radius 3 is 2.82 bits per heavy atom. The van der Waals surface area contributed by atoms with Crippen LogP contribution in [0.5, 0.6) is 0 Å². The van der Waals surface area contributed by atoms with E-state index in [1.807, 2.05) is 0 Å². The van der Waals surface area contributed by atoms with Crippen molar-refractivity contribution in [3.05, 3.63) is 21.3 Å². The van der Waals surface area contributed by atoms with Gasteiger partial charge in [0, 0.05) is 0 Å². The molecular formula is C4H4N2O4S. The quantitative estimate of drug-likeness (QED) is 0.470. The van der Waals surface area contributed by atoms with Gasteiger partial charge in [0.05, 0.1) is 17.0 Å². The Kier molecular flexibility index (Phi) is 1.99. The van der Waals surface area contributed by atoms with E-state index in [4.69, 9.17) is 5.11 Å². The van der Waals surface area contributed by atoms with E-state index in [9.17, 15) is 14.9 Å². The number of carboxylic acid groups (broad SMARTS) is 1. The van der Waals surface area contributed by atoms with Crippen molar-refractivity contribution in [1.29, 1.82) is 0 Å². The summed E-state index contributed by atoms with van der Waals surface area (Å²) >= 11 is 0.894. The zero-order chi connectivity index (χ0) is 8.43. The van der Waals surface area contributed by atoms with Gasteiger partial charge in [-0.3, -0.25) is 15.0 Å². The minimum absolute atomic E-state index is 0.103. The Hall–Kier alpha value is -1.24. The lowest BCUT2D eigenvalue weighted by atomic mass is 10.8. The van der Waals surface area contributed by atoms with Gasteiger partial charge >= 0.3 is 11.1 Å². The number of thioether (sulfide) groups is 1. The lowest BCUT2D eigenvalue weighted by molar-refractivity contribution is -0.410. The molecular weight excluding hydrogens is 172 g/mol. The second-order valence-corrected chi connectivity index (χ2v) is 2.72. The molecule has 0 aliphatic carbocycles. The van der Waals surface area contributed by atoms with E-state index in [0.29, 0.717) is 0 Å². The zero-order valence-corrected chi connectivity index (χ0v) is 6.08. The molecule has 0 fully saturated rings. The molecule has 11 heavy (non-hydrogen) atoms. The van der Waals surface area contributed by atoms with Crippen molar-refractivity contribution < 1.29 is 14.8 Å². The first-order valence-corrected chi connectivity index (χ1v) is 3.58. The van der Waals surface area contributed by atoms with E-state index in [1.54, 1.807) is 0 Å². The van der Waals surface area contributed by atoms with Crippen molar-refractivity contribution >= 4 is 17.9 Å². The first kappa shape index (κ1) is 7.86. The SMILES string of the molecule is O=C(O)N1C=C([N+](=O)[O-])SC1. The van der Waals surface area contributed by atoms with E-state index in [1.165, 1.54) is 0 Å². The smallest absolute Gasteiger partial charge is 0.412 e. The third-order valence-corrected chi connectivity index (χ3v) is 2.00. The van der Waals surface area contributed by atoms with E-state index >= 15 is 0 Å². The van der Waals surface area contributed by atoms with Gasteiger partial charge in [0.15, 0.2) is 0 Å². The second kappa shape index (κ2) is 2.79. The van der Waals surface area contributed by atoms with Crippen molar-refractivity contribution in [3.8, 4) is 0 Å². The van der Waals surface area contributed by atoms with Gasteiger partial charge in [0.1, 0.15) is 0 Å². The molecule has 0 radical (unpaired) electrons. The maximum absolute atomic E-state index is 10.2. The van der Waals surface area contributed by atoms with Crippen LogP contribution in [0.25, 0.3) is 0 Å². The van der Waals surface area contributed by atoms with E-state index in [0.717, 1.165) is 22.9 Å². The molecule has 0 spiro atoms. The van der Waals surface area contributed by atoms with Crippen molar-refractivity contribution in [1.82, 2.24) is 4.90 Å². The summed E-state index contributed by atoms with van der Waals surface area (Å²) in [5, 5.41) is 18.3. The molecule has 1 aliphatic heterocycles. The Balaban J connectivity index is 2.68.